The molecule has 2 nitrogen and oxygen atoms in total. The smallest absolute Gasteiger partial charge is 0.118 e. The second kappa shape index (κ2) is 7.02. The predicted molar refractivity (Wildman–Crippen MR) is 71.6 cm³/mol. The third kappa shape index (κ3) is 3.87. The summed E-state index contributed by atoms with van der Waals surface area (Å²) in [6, 6.07) is 4.15. The van der Waals surface area contributed by atoms with Gasteiger partial charge in [-0.1, -0.05) is 27.2 Å². The van der Waals surface area contributed by atoms with E-state index in [1.54, 1.807) is 6.26 Å². The van der Waals surface area contributed by atoms with Crippen LogP contribution in [0.15, 0.2) is 22.8 Å². The summed E-state index contributed by atoms with van der Waals surface area (Å²) < 4.78 is 5.48. The average Bonchev–Trinajstić information content (AvgIpc) is 2.82. The Labute approximate surface area is 103 Å². The standard InChI is InChI=1S/C13H23NOS/c1-4-10(3)9-16-13(11(14)5-2)12-7-6-8-15-12/h6-8,10-11,13H,4-5,9,14H2,1-3H3. The Balaban J connectivity index is 2.58. The van der Waals surface area contributed by atoms with Crippen molar-refractivity contribution in [3.63, 3.8) is 0 Å². The highest BCUT2D eigenvalue weighted by atomic mass is 32.2. The van der Waals surface area contributed by atoms with Crippen LogP contribution in [0.2, 0.25) is 0 Å². The van der Waals surface area contributed by atoms with E-state index in [9.17, 15) is 0 Å². The third-order valence-corrected chi connectivity index (χ3v) is 4.64. The third-order valence-electron chi connectivity index (χ3n) is 2.94. The summed E-state index contributed by atoms with van der Waals surface area (Å²) >= 11 is 1.93. The molecule has 0 aliphatic heterocycles. The van der Waals surface area contributed by atoms with Gasteiger partial charge in [0.2, 0.25) is 0 Å². The van der Waals surface area contributed by atoms with Gasteiger partial charge in [-0.3, -0.25) is 0 Å². The first kappa shape index (κ1) is 13.7. The van der Waals surface area contributed by atoms with Crippen molar-refractivity contribution in [2.75, 3.05) is 5.75 Å². The molecule has 0 aromatic carbocycles. The number of nitrogens with two attached hydrogens (primary N) is 1. The van der Waals surface area contributed by atoms with Crippen LogP contribution in [0.4, 0.5) is 0 Å². The maximum absolute atomic E-state index is 6.16. The molecule has 0 aliphatic carbocycles. The topological polar surface area (TPSA) is 39.2 Å². The molecule has 2 N–H and O–H groups in total. The average molecular weight is 241 g/mol. The largest absolute Gasteiger partial charge is 0.468 e. The van der Waals surface area contributed by atoms with Gasteiger partial charge in [0.15, 0.2) is 0 Å². The Morgan fingerprint density at radius 2 is 2.12 bits per heavy atom. The number of hydrogen-bond acceptors (Lipinski definition) is 3. The lowest BCUT2D eigenvalue weighted by atomic mass is 10.1. The lowest BCUT2D eigenvalue weighted by molar-refractivity contribution is 0.473. The van der Waals surface area contributed by atoms with Crippen molar-refractivity contribution in [1.29, 1.82) is 0 Å². The van der Waals surface area contributed by atoms with Crippen molar-refractivity contribution in [3.05, 3.63) is 24.2 Å². The van der Waals surface area contributed by atoms with Gasteiger partial charge in [-0.2, -0.15) is 0 Å². The summed E-state index contributed by atoms with van der Waals surface area (Å²) in [7, 11) is 0. The Morgan fingerprint density at radius 1 is 1.38 bits per heavy atom. The van der Waals surface area contributed by atoms with Crippen LogP contribution in [0, 0.1) is 5.92 Å². The molecule has 0 saturated heterocycles. The molecule has 0 spiro atoms. The lowest BCUT2D eigenvalue weighted by Crippen LogP contribution is -2.26. The van der Waals surface area contributed by atoms with Crippen molar-refractivity contribution >= 4 is 11.8 Å². The van der Waals surface area contributed by atoms with E-state index >= 15 is 0 Å². The van der Waals surface area contributed by atoms with Crippen LogP contribution < -0.4 is 5.73 Å². The zero-order valence-corrected chi connectivity index (χ0v) is 11.3. The summed E-state index contributed by atoms with van der Waals surface area (Å²) in [5.41, 5.74) is 6.16. The van der Waals surface area contributed by atoms with Gasteiger partial charge in [-0.25, -0.2) is 0 Å². The van der Waals surface area contributed by atoms with Crippen molar-refractivity contribution in [3.8, 4) is 0 Å². The van der Waals surface area contributed by atoms with E-state index in [4.69, 9.17) is 10.2 Å². The van der Waals surface area contributed by atoms with E-state index in [2.05, 4.69) is 20.8 Å². The van der Waals surface area contributed by atoms with E-state index < -0.39 is 0 Å². The molecule has 1 aromatic rings. The molecule has 0 fully saturated rings. The van der Waals surface area contributed by atoms with Crippen LogP contribution >= 0.6 is 11.8 Å². The molecule has 1 aromatic heterocycles. The van der Waals surface area contributed by atoms with Crippen molar-refractivity contribution < 1.29 is 4.42 Å². The Kier molecular flexibility index (Phi) is 5.99. The predicted octanol–water partition coefficient (Wildman–Crippen LogP) is 3.84. The minimum atomic E-state index is 0.181. The number of thioether (sulfide) groups is 1. The van der Waals surface area contributed by atoms with Gasteiger partial charge in [0.05, 0.1) is 11.5 Å². The van der Waals surface area contributed by atoms with Crippen LogP contribution in [-0.4, -0.2) is 11.8 Å². The molecule has 0 saturated carbocycles. The lowest BCUT2D eigenvalue weighted by Gasteiger charge is -2.21. The van der Waals surface area contributed by atoms with Gasteiger partial charge in [0.1, 0.15) is 5.76 Å². The highest BCUT2D eigenvalue weighted by molar-refractivity contribution is 7.99. The second-order valence-corrected chi connectivity index (χ2v) is 5.53. The monoisotopic (exact) mass is 241 g/mol. The molecule has 0 radical (unpaired) electrons. The highest BCUT2D eigenvalue weighted by Gasteiger charge is 2.22. The van der Waals surface area contributed by atoms with Gasteiger partial charge < -0.3 is 10.2 Å². The molecule has 16 heavy (non-hydrogen) atoms. The van der Waals surface area contributed by atoms with E-state index in [0.717, 1.165) is 23.9 Å². The van der Waals surface area contributed by atoms with Crippen molar-refractivity contribution in [1.82, 2.24) is 0 Å². The molecule has 0 amide bonds. The first-order valence-electron chi connectivity index (χ1n) is 6.09. The summed E-state index contributed by atoms with van der Waals surface area (Å²) in [4.78, 5) is 0. The van der Waals surface area contributed by atoms with Gasteiger partial charge in [0.25, 0.3) is 0 Å². The van der Waals surface area contributed by atoms with E-state index in [0.29, 0.717) is 5.25 Å². The number of hydrogen-bond donors (Lipinski definition) is 1. The van der Waals surface area contributed by atoms with E-state index in [1.807, 2.05) is 23.9 Å². The Bertz CT molecular complexity index is 273. The fourth-order valence-electron chi connectivity index (χ4n) is 1.47. The minimum absolute atomic E-state index is 0.181. The maximum atomic E-state index is 6.16. The van der Waals surface area contributed by atoms with Crippen LogP contribution in [0.25, 0.3) is 0 Å². The molecular weight excluding hydrogens is 218 g/mol. The second-order valence-electron chi connectivity index (χ2n) is 4.35. The first-order valence-corrected chi connectivity index (χ1v) is 7.14. The van der Waals surface area contributed by atoms with Crippen molar-refractivity contribution in [2.24, 2.45) is 11.7 Å². The van der Waals surface area contributed by atoms with E-state index in [-0.39, 0.29) is 6.04 Å². The molecule has 3 atom stereocenters. The zero-order chi connectivity index (χ0) is 12.0. The van der Waals surface area contributed by atoms with Crippen LogP contribution in [0.5, 0.6) is 0 Å². The molecule has 3 heteroatoms. The molecule has 3 unspecified atom stereocenters. The quantitative estimate of drug-likeness (QED) is 0.788. The highest BCUT2D eigenvalue weighted by Crippen LogP contribution is 2.34. The summed E-state index contributed by atoms with van der Waals surface area (Å²) in [5, 5.41) is 0.300. The molecule has 0 bridgehead atoms. The van der Waals surface area contributed by atoms with Gasteiger partial charge >= 0.3 is 0 Å². The minimum Gasteiger partial charge on any atom is -0.468 e. The fourth-order valence-corrected chi connectivity index (χ4v) is 2.98. The van der Waals surface area contributed by atoms with Gasteiger partial charge in [0, 0.05) is 6.04 Å². The zero-order valence-electron chi connectivity index (χ0n) is 10.5. The molecule has 92 valence electrons. The number of rotatable bonds is 7. The molecular formula is C13H23NOS. The van der Waals surface area contributed by atoms with Crippen LogP contribution in [-0.2, 0) is 0 Å². The van der Waals surface area contributed by atoms with Crippen molar-refractivity contribution in [2.45, 2.75) is 44.9 Å². The van der Waals surface area contributed by atoms with Crippen LogP contribution in [0.3, 0.4) is 0 Å². The SMILES string of the molecule is CCC(C)CSC(c1ccco1)C(N)CC. The first-order chi connectivity index (χ1) is 7.69. The molecule has 1 rings (SSSR count). The summed E-state index contributed by atoms with van der Waals surface area (Å²) in [5.74, 6) is 2.91. The van der Waals surface area contributed by atoms with Crippen LogP contribution in [0.1, 0.15) is 44.6 Å². The molecule has 0 aliphatic rings. The molecule has 1 heterocycles. The van der Waals surface area contributed by atoms with Gasteiger partial charge in [-0.05, 0) is 30.2 Å². The van der Waals surface area contributed by atoms with Gasteiger partial charge in [-0.15, -0.1) is 11.8 Å². The summed E-state index contributed by atoms with van der Waals surface area (Å²) in [6.45, 7) is 6.64. The Hall–Kier alpha value is -0.410. The maximum Gasteiger partial charge on any atom is 0.118 e. The Morgan fingerprint density at radius 3 is 2.62 bits per heavy atom. The van der Waals surface area contributed by atoms with E-state index in [1.165, 1.54) is 6.42 Å². The summed E-state index contributed by atoms with van der Waals surface area (Å²) in [6.07, 6.45) is 3.94. The fraction of sp³-hybridized carbons (Fsp3) is 0.692. The number of furan rings is 1. The normalized spacial score (nSPS) is 17.0.